The molecule has 0 aromatic heterocycles. The highest BCUT2D eigenvalue weighted by Gasteiger charge is 2.35. The summed E-state index contributed by atoms with van der Waals surface area (Å²) in [5, 5.41) is 61.7. The van der Waals surface area contributed by atoms with Crippen LogP contribution >= 0.6 is 0 Å². The van der Waals surface area contributed by atoms with Crippen molar-refractivity contribution in [2.45, 2.75) is 39.2 Å². The number of aliphatic hydroxyl groups is 1. The second kappa shape index (κ2) is 7.46. The standard InChI is InChI=1S/C24H26O6/c1-12-10-17(25)13(2)9-15(12)21(28)14-7-5-6-8-16(14)24(3,4)20-18(26)11-19(27)22(29)23(20)30/h5-11,21,25-30H,1-4H3. The van der Waals surface area contributed by atoms with Crippen LogP contribution in [0.2, 0.25) is 0 Å². The molecule has 6 N–H and O–H groups in total. The van der Waals surface area contributed by atoms with Gasteiger partial charge in [0.2, 0.25) is 5.75 Å². The maximum atomic E-state index is 11.2. The van der Waals surface area contributed by atoms with Gasteiger partial charge in [-0.3, -0.25) is 0 Å². The van der Waals surface area contributed by atoms with Gasteiger partial charge in [-0.15, -0.1) is 0 Å². The van der Waals surface area contributed by atoms with Crippen LogP contribution < -0.4 is 0 Å². The van der Waals surface area contributed by atoms with E-state index in [-0.39, 0.29) is 17.1 Å². The number of rotatable bonds is 4. The van der Waals surface area contributed by atoms with Crippen LogP contribution in [-0.2, 0) is 5.41 Å². The fourth-order valence-electron chi connectivity index (χ4n) is 3.97. The van der Waals surface area contributed by atoms with E-state index in [0.717, 1.165) is 6.07 Å². The minimum Gasteiger partial charge on any atom is -0.508 e. The van der Waals surface area contributed by atoms with Crippen molar-refractivity contribution in [1.82, 2.24) is 0 Å². The smallest absolute Gasteiger partial charge is 0.200 e. The zero-order valence-corrected chi connectivity index (χ0v) is 17.3. The number of hydrogen-bond acceptors (Lipinski definition) is 6. The Morgan fingerprint density at radius 1 is 0.700 bits per heavy atom. The lowest BCUT2D eigenvalue weighted by atomic mass is 9.73. The Balaban J connectivity index is 2.21. The number of aryl methyl sites for hydroxylation is 2. The number of phenols is 5. The van der Waals surface area contributed by atoms with E-state index in [0.29, 0.717) is 27.8 Å². The van der Waals surface area contributed by atoms with Gasteiger partial charge in [0.1, 0.15) is 17.6 Å². The lowest BCUT2D eigenvalue weighted by Gasteiger charge is -2.31. The minimum atomic E-state index is -1.04. The number of benzene rings is 3. The van der Waals surface area contributed by atoms with Crippen LogP contribution in [0.3, 0.4) is 0 Å². The van der Waals surface area contributed by atoms with E-state index in [1.54, 1.807) is 64.1 Å². The van der Waals surface area contributed by atoms with Crippen LogP contribution in [0.25, 0.3) is 0 Å². The molecule has 158 valence electrons. The molecular formula is C24H26O6. The Morgan fingerprint density at radius 2 is 1.33 bits per heavy atom. The van der Waals surface area contributed by atoms with Gasteiger partial charge >= 0.3 is 0 Å². The van der Waals surface area contributed by atoms with E-state index in [1.807, 2.05) is 0 Å². The van der Waals surface area contributed by atoms with Crippen molar-refractivity contribution in [3.8, 4) is 28.7 Å². The number of phenolic OH excluding ortho intramolecular Hbond substituents is 5. The summed E-state index contributed by atoms with van der Waals surface area (Å²) in [4.78, 5) is 0. The maximum Gasteiger partial charge on any atom is 0.200 e. The van der Waals surface area contributed by atoms with Crippen LogP contribution in [-0.4, -0.2) is 30.6 Å². The molecule has 0 aliphatic rings. The second-order valence-electron chi connectivity index (χ2n) is 8.10. The molecular weight excluding hydrogens is 384 g/mol. The first-order valence-electron chi connectivity index (χ1n) is 9.51. The second-order valence-corrected chi connectivity index (χ2v) is 8.10. The van der Waals surface area contributed by atoms with Crippen LogP contribution in [0.1, 0.15) is 53.3 Å². The van der Waals surface area contributed by atoms with Gasteiger partial charge in [-0.05, 0) is 53.8 Å². The maximum absolute atomic E-state index is 11.2. The summed E-state index contributed by atoms with van der Waals surface area (Å²) < 4.78 is 0. The predicted molar refractivity (Wildman–Crippen MR) is 113 cm³/mol. The summed E-state index contributed by atoms with van der Waals surface area (Å²) in [7, 11) is 0. The molecule has 30 heavy (non-hydrogen) atoms. The molecule has 0 spiro atoms. The van der Waals surface area contributed by atoms with Gasteiger partial charge in [-0.2, -0.15) is 0 Å². The highest BCUT2D eigenvalue weighted by molar-refractivity contribution is 5.64. The Labute approximate surface area is 175 Å². The zero-order valence-electron chi connectivity index (χ0n) is 17.3. The fraction of sp³-hybridized carbons (Fsp3) is 0.250. The van der Waals surface area contributed by atoms with E-state index >= 15 is 0 Å². The first-order valence-corrected chi connectivity index (χ1v) is 9.51. The quantitative estimate of drug-likeness (QED) is 0.283. The number of aliphatic hydroxyl groups excluding tert-OH is 1. The average Bonchev–Trinajstić information content (AvgIpc) is 2.68. The Hall–Kier alpha value is -3.38. The minimum absolute atomic E-state index is 0.0241. The lowest BCUT2D eigenvalue weighted by molar-refractivity contribution is 0.216. The van der Waals surface area contributed by atoms with Gasteiger partial charge in [-0.25, -0.2) is 0 Å². The Bertz CT molecular complexity index is 1120. The highest BCUT2D eigenvalue weighted by Crippen LogP contribution is 2.51. The molecule has 0 saturated carbocycles. The SMILES string of the molecule is Cc1cc(C(O)c2ccccc2C(C)(C)c2c(O)cc(O)c(O)c2O)c(C)cc1O. The van der Waals surface area contributed by atoms with Crippen molar-refractivity contribution < 1.29 is 30.6 Å². The topological polar surface area (TPSA) is 121 Å². The summed E-state index contributed by atoms with van der Waals surface area (Å²) in [5.74, 6) is -2.22. The van der Waals surface area contributed by atoms with Gasteiger partial charge in [0.15, 0.2) is 11.5 Å². The molecule has 0 aliphatic carbocycles. The molecule has 0 radical (unpaired) electrons. The molecule has 0 bridgehead atoms. The summed E-state index contributed by atoms with van der Waals surface area (Å²) in [6.07, 6.45) is -1.03. The first kappa shape index (κ1) is 21.3. The molecule has 3 aromatic rings. The molecule has 3 aromatic carbocycles. The van der Waals surface area contributed by atoms with Crippen LogP contribution in [0.15, 0.2) is 42.5 Å². The molecule has 0 heterocycles. The van der Waals surface area contributed by atoms with Crippen molar-refractivity contribution >= 4 is 0 Å². The molecule has 1 unspecified atom stereocenters. The van der Waals surface area contributed by atoms with E-state index in [4.69, 9.17) is 0 Å². The molecule has 0 fully saturated rings. The Kier molecular flexibility index (Phi) is 5.31. The normalized spacial score (nSPS) is 12.7. The summed E-state index contributed by atoms with van der Waals surface area (Å²) in [5.41, 5.74) is 2.10. The summed E-state index contributed by atoms with van der Waals surface area (Å²) in [6, 6.07) is 11.4. The highest BCUT2D eigenvalue weighted by atomic mass is 16.3. The first-order chi connectivity index (χ1) is 14.0. The van der Waals surface area contributed by atoms with Crippen molar-refractivity contribution in [3.63, 3.8) is 0 Å². The average molecular weight is 410 g/mol. The summed E-state index contributed by atoms with van der Waals surface area (Å²) in [6.45, 7) is 7.01. The van der Waals surface area contributed by atoms with Crippen LogP contribution in [0.4, 0.5) is 0 Å². The van der Waals surface area contributed by atoms with E-state index in [1.165, 1.54) is 0 Å². The summed E-state index contributed by atoms with van der Waals surface area (Å²) >= 11 is 0. The van der Waals surface area contributed by atoms with Crippen LogP contribution in [0.5, 0.6) is 28.7 Å². The lowest BCUT2D eigenvalue weighted by Crippen LogP contribution is -2.23. The van der Waals surface area contributed by atoms with Crippen molar-refractivity contribution in [1.29, 1.82) is 0 Å². The molecule has 0 amide bonds. The van der Waals surface area contributed by atoms with Gasteiger partial charge in [0, 0.05) is 17.0 Å². The monoisotopic (exact) mass is 410 g/mol. The third-order valence-corrected chi connectivity index (χ3v) is 5.67. The van der Waals surface area contributed by atoms with E-state index < -0.39 is 28.8 Å². The van der Waals surface area contributed by atoms with Crippen molar-refractivity contribution in [3.05, 3.63) is 75.8 Å². The van der Waals surface area contributed by atoms with E-state index in [2.05, 4.69) is 0 Å². The fourth-order valence-corrected chi connectivity index (χ4v) is 3.97. The van der Waals surface area contributed by atoms with Gasteiger partial charge in [-0.1, -0.05) is 38.1 Å². The molecule has 6 nitrogen and oxygen atoms in total. The third-order valence-electron chi connectivity index (χ3n) is 5.67. The van der Waals surface area contributed by atoms with Gasteiger partial charge < -0.3 is 30.6 Å². The number of aromatic hydroxyl groups is 5. The van der Waals surface area contributed by atoms with Crippen LogP contribution in [0, 0.1) is 13.8 Å². The van der Waals surface area contributed by atoms with Crippen molar-refractivity contribution in [2.24, 2.45) is 0 Å². The molecule has 1 atom stereocenters. The largest absolute Gasteiger partial charge is 0.508 e. The molecule has 3 rings (SSSR count). The molecule has 6 heteroatoms. The zero-order chi connectivity index (χ0) is 22.4. The van der Waals surface area contributed by atoms with Gasteiger partial charge in [0.05, 0.1) is 0 Å². The third kappa shape index (κ3) is 3.39. The van der Waals surface area contributed by atoms with E-state index in [9.17, 15) is 30.6 Å². The van der Waals surface area contributed by atoms with Gasteiger partial charge in [0.25, 0.3) is 0 Å². The van der Waals surface area contributed by atoms with Crippen molar-refractivity contribution in [2.75, 3.05) is 0 Å². The molecule has 0 saturated heterocycles. The number of hydrogen-bond donors (Lipinski definition) is 6. The Morgan fingerprint density at radius 3 is 2.00 bits per heavy atom. The molecule has 0 aliphatic heterocycles. The predicted octanol–water partition coefficient (Wildman–Crippen LogP) is 4.24.